The van der Waals surface area contributed by atoms with Crippen LogP contribution in [-0.2, 0) is 4.74 Å². The zero-order chi connectivity index (χ0) is 12.1. The maximum absolute atomic E-state index is 5.27. The van der Waals surface area contributed by atoms with E-state index in [1.165, 1.54) is 50.7 Å². The molecule has 3 nitrogen and oxygen atoms in total. The molecule has 1 saturated carbocycles. The molecule has 2 aliphatic rings. The first-order chi connectivity index (χ1) is 8.31. The zero-order valence-corrected chi connectivity index (χ0v) is 11.3. The summed E-state index contributed by atoms with van der Waals surface area (Å²) in [5, 5.41) is 7.14. The van der Waals surface area contributed by atoms with E-state index < -0.39 is 0 Å². The third-order valence-electron chi connectivity index (χ3n) is 4.19. The first-order valence-corrected chi connectivity index (χ1v) is 7.12. The van der Waals surface area contributed by atoms with Gasteiger partial charge in [0.15, 0.2) is 0 Å². The molecule has 17 heavy (non-hydrogen) atoms. The van der Waals surface area contributed by atoms with E-state index in [1.807, 2.05) is 0 Å². The van der Waals surface area contributed by atoms with Gasteiger partial charge in [0.1, 0.15) is 0 Å². The van der Waals surface area contributed by atoms with E-state index in [4.69, 9.17) is 9.84 Å². The van der Waals surface area contributed by atoms with Crippen molar-refractivity contribution >= 4 is 5.71 Å². The van der Waals surface area contributed by atoms with E-state index in [1.54, 1.807) is 7.11 Å². The van der Waals surface area contributed by atoms with Crippen molar-refractivity contribution in [3.8, 4) is 0 Å². The second kappa shape index (κ2) is 6.39. The Bertz CT molecular complexity index is 259. The van der Waals surface area contributed by atoms with Crippen LogP contribution in [0.2, 0.25) is 0 Å². The first-order valence-electron chi connectivity index (χ1n) is 7.12. The summed E-state index contributed by atoms with van der Waals surface area (Å²) in [6.45, 7) is 4.15. The molecule has 1 aliphatic carbocycles. The van der Waals surface area contributed by atoms with Gasteiger partial charge < -0.3 is 4.74 Å². The van der Waals surface area contributed by atoms with Crippen LogP contribution in [0.25, 0.3) is 0 Å². The summed E-state index contributed by atoms with van der Waals surface area (Å²) >= 11 is 0. The van der Waals surface area contributed by atoms with Crippen molar-refractivity contribution in [3.05, 3.63) is 0 Å². The summed E-state index contributed by atoms with van der Waals surface area (Å²) in [4.78, 5) is 0. The largest absolute Gasteiger partial charge is 0.382 e. The minimum atomic E-state index is 0.513. The van der Waals surface area contributed by atoms with Gasteiger partial charge in [0.05, 0.1) is 12.6 Å². The van der Waals surface area contributed by atoms with Crippen molar-refractivity contribution in [1.82, 2.24) is 5.01 Å². The van der Waals surface area contributed by atoms with Crippen molar-refractivity contribution in [2.45, 2.75) is 57.9 Å². The predicted octanol–water partition coefficient (Wildman–Crippen LogP) is 3.05. The highest BCUT2D eigenvalue weighted by atomic mass is 16.5. The second-order valence-corrected chi connectivity index (χ2v) is 5.49. The number of methoxy groups -OCH3 is 1. The van der Waals surface area contributed by atoms with Gasteiger partial charge in [-0.1, -0.05) is 19.3 Å². The fourth-order valence-corrected chi connectivity index (χ4v) is 3.12. The monoisotopic (exact) mass is 238 g/mol. The molecule has 0 radical (unpaired) electrons. The lowest BCUT2D eigenvalue weighted by Crippen LogP contribution is -2.30. The molecule has 0 spiro atoms. The van der Waals surface area contributed by atoms with E-state index in [0.717, 1.165) is 19.1 Å². The summed E-state index contributed by atoms with van der Waals surface area (Å²) in [7, 11) is 1.79. The molecule has 1 aliphatic heterocycles. The van der Waals surface area contributed by atoms with Crippen LogP contribution in [0.4, 0.5) is 0 Å². The predicted molar refractivity (Wildman–Crippen MR) is 71.3 cm³/mol. The molecule has 1 saturated heterocycles. The molecule has 0 unspecified atom stereocenters. The maximum Gasteiger partial charge on any atom is 0.0704 e. The third kappa shape index (κ3) is 3.44. The van der Waals surface area contributed by atoms with Gasteiger partial charge in [-0.3, -0.25) is 5.01 Å². The molecule has 1 atom stereocenters. The fraction of sp³-hybridized carbons (Fsp3) is 0.929. The summed E-state index contributed by atoms with van der Waals surface area (Å²) in [5.41, 5.74) is 1.35. The van der Waals surface area contributed by atoms with E-state index in [-0.39, 0.29) is 0 Å². The smallest absolute Gasteiger partial charge is 0.0704 e. The Balaban J connectivity index is 1.92. The number of hydrazone groups is 1. The minimum absolute atomic E-state index is 0.513. The molecule has 1 heterocycles. The normalized spacial score (nSPS) is 27.8. The van der Waals surface area contributed by atoms with Gasteiger partial charge in [-0.05, 0) is 38.5 Å². The van der Waals surface area contributed by atoms with E-state index in [2.05, 4.69) is 11.9 Å². The summed E-state index contributed by atoms with van der Waals surface area (Å²) in [6.07, 6.45) is 9.37. The molecule has 0 aromatic carbocycles. The molecule has 98 valence electrons. The molecule has 0 aromatic heterocycles. The Hall–Kier alpha value is -0.570. The van der Waals surface area contributed by atoms with Gasteiger partial charge in [-0.15, -0.1) is 0 Å². The Morgan fingerprint density at radius 2 is 1.94 bits per heavy atom. The lowest BCUT2D eigenvalue weighted by atomic mass is 9.86. The standard InChI is InChI=1S/C14H26N2O/c1-12(13-7-4-3-5-8-13)15-16-10-6-9-14(16)11-17-2/h13-14H,3-11H2,1-2H3/b15-12-/t14-/m0/s1. The quantitative estimate of drug-likeness (QED) is 0.703. The van der Waals surface area contributed by atoms with Gasteiger partial charge in [0, 0.05) is 19.4 Å². The molecule has 0 N–H and O–H groups in total. The Morgan fingerprint density at radius 1 is 1.18 bits per heavy atom. The van der Waals surface area contributed by atoms with Crippen molar-refractivity contribution in [1.29, 1.82) is 0 Å². The summed E-state index contributed by atoms with van der Waals surface area (Å²) < 4.78 is 5.27. The number of ether oxygens (including phenoxy) is 1. The molecule has 2 rings (SSSR count). The molecule has 0 amide bonds. The van der Waals surface area contributed by atoms with Gasteiger partial charge in [-0.2, -0.15) is 5.10 Å². The minimum Gasteiger partial charge on any atom is -0.382 e. The maximum atomic E-state index is 5.27. The number of nitrogens with zero attached hydrogens (tertiary/aromatic N) is 2. The number of rotatable bonds is 4. The number of hydrogen-bond donors (Lipinski definition) is 0. The Morgan fingerprint density at radius 3 is 2.65 bits per heavy atom. The topological polar surface area (TPSA) is 24.8 Å². The molecular weight excluding hydrogens is 212 g/mol. The highest BCUT2D eigenvalue weighted by molar-refractivity contribution is 5.84. The lowest BCUT2D eigenvalue weighted by molar-refractivity contribution is 0.117. The average molecular weight is 238 g/mol. The zero-order valence-electron chi connectivity index (χ0n) is 11.3. The van der Waals surface area contributed by atoms with Gasteiger partial charge in [0.2, 0.25) is 0 Å². The van der Waals surface area contributed by atoms with Crippen LogP contribution in [0.15, 0.2) is 5.10 Å². The number of hydrogen-bond acceptors (Lipinski definition) is 3. The highest BCUT2D eigenvalue weighted by Gasteiger charge is 2.24. The summed E-state index contributed by atoms with van der Waals surface area (Å²) in [5.74, 6) is 0.743. The lowest BCUT2D eigenvalue weighted by Gasteiger charge is -2.26. The molecule has 0 aromatic rings. The van der Waals surface area contributed by atoms with Crippen LogP contribution >= 0.6 is 0 Å². The fourth-order valence-electron chi connectivity index (χ4n) is 3.12. The average Bonchev–Trinajstić information content (AvgIpc) is 2.78. The third-order valence-corrected chi connectivity index (χ3v) is 4.19. The second-order valence-electron chi connectivity index (χ2n) is 5.49. The Kier molecular flexibility index (Phi) is 4.84. The van der Waals surface area contributed by atoms with Gasteiger partial charge in [-0.25, -0.2) is 0 Å². The summed E-state index contributed by atoms with van der Waals surface area (Å²) in [6, 6.07) is 0.513. The van der Waals surface area contributed by atoms with Crippen LogP contribution in [0.1, 0.15) is 51.9 Å². The van der Waals surface area contributed by atoms with E-state index in [0.29, 0.717) is 6.04 Å². The highest BCUT2D eigenvalue weighted by Crippen LogP contribution is 2.26. The Labute approximate surface area is 105 Å². The molecular formula is C14H26N2O. The van der Waals surface area contributed by atoms with E-state index in [9.17, 15) is 0 Å². The molecule has 2 fully saturated rings. The first kappa shape index (κ1) is 12.9. The van der Waals surface area contributed by atoms with Crippen LogP contribution in [0.5, 0.6) is 0 Å². The SMILES string of the molecule is COC[C@@H]1CCCN1/N=C(/C)C1CCCCC1. The van der Waals surface area contributed by atoms with E-state index >= 15 is 0 Å². The van der Waals surface area contributed by atoms with Crippen molar-refractivity contribution in [3.63, 3.8) is 0 Å². The van der Waals surface area contributed by atoms with Crippen LogP contribution in [-0.4, -0.2) is 37.0 Å². The van der Waals surface area contributed by atoms with Crippen LogP contribution < -0.4 is 0 Å². The van der Waals surface area contributed by atoms with Crippen molar-refractivity contribution < 1.29 is 4.74 Å². The van der Waals surface area contributed by atoms with Crippen molar-refractivity contribution in [2.24, 2.45) is 11.0 Å². The van der Waals surface area contributed by atoms with Gasteiger partial charge in [0.25, 0.3) is 0 Å². The molecule has 3 heteroatoms. The van der Waals surface area contributed by atoms with Gasteiger partial charge >= 0.3 is 0 Å². The van der Waals surface area contributed by atoms with Crippen molar-refractivity contribution in [2.75, 3.05) is 20.3 Å². The van der Waals surface area contributed by atoms with Crippen LogP contribution in [0.3, 0.4) is 0 Å². The van der Waals surface area contributed by atoms with Crippen LogP contribution in [0, 0.1) is 5.92 Å². The molecule has 0 bridgehead atoms.